The third-order valence-electron chi connectivity index (χ3n) is 3.95. The summed E-state index contributed by atoms with van der Waals surface area (Å²) < 4.78 is 14.3. The average molecular weight is 277 g/mol. The molecule has 0 aromatic heterocycles. The van der Waals surface area contributed by atoms with Crippen LogP contribution in [0.3, 0.4) is 0 Å². The number of benzene rings is 1. The Morgan fingerprint density at radius 2 is 2.00 bits per heavy atom. The number of anilines is 1. The predicted molar refractivity (Wildman–Crippen MR) is 77.8 cm³/mol. The van der Waals surface area contributed by atoms with Crippen molar-refractivity contribution in [3.8, 4) is 0 Å². The van der Waals surface area contributed by atoms with Crippen LogP contribution < -0.4 is 4.90 Å². The first-order chi connectivity index (χ1) is 9.63. The summed E-state index contributed by atoms with van der Waals surface area (Å²) in [6, 6.07) is 5.38. The number of nitrogens with zero attached hydrogens (tertiary/aromatic N) is 3. The van der Waals surface area contributed by atoms with E-state index in [2.05, 4.69) is 22.0 Å². The third kappa shape index (κ3) is 2.63. The van der Waals surface area contributed by atoms with E-state index in [4.69, 9.17) is 4.84 Å². The lowest BCUT2D eigenvalue weighted by atomic mass is 10.0. The van der Waals surface area contributed by atoms with E-state index in [9.17, 15) is 4.39 Å². The third-order valence-corrected chi connectivity index (χ3v) is 3.95. The first-order valence-electron chi connectivity index (χ1n) is 7.09. The van der Waals surface area contributed by atoms with Crippen LogP contribution in [0.4, 0.5) is 10.1 Å². The average Bonchev–Trinajstić information content (AvgIpc) is 2.87. The molecule has 3 rings (SSSR count). The Balaban J connectivity index is 1.78. The minimum Gasteiger partial charge on any atom is -0.392 e. The van der Waals surface area contributed by atoms with Crippen LogP contribution in [0, 0.1) is 5.82 Å². The molecule has 108 valence electrons. The Morgan fingerprint density at radius 3 is 2.60 bits per heavy atom. The van der Waals surface area contributed by atoms with Crippen LogP contribution in [-0.4, -0.2) is 49.9 Å². The highest BCUT2D eigenvalue weighted by Gasteiger charge is 2.21. The molecule has 0 spiro atoms. The summed E-state index contributed by atoms with van der Waals surface area (Å²) in [5, 5.41) is 4.01. The summed E-state index contributed by atoms with van der Waals surface area (Å²) in [4.78, 5) is 9.53. The molecule has 1 fully saturated rings. The van der Waals surface area contributed by atoms with E-state index in [1.54, 1.807) is 6.07 Å². The van der Waals surface area contributed by atoms with E-state index in [0.717, 1.165) is 43.9 Å². The molecule has 4 nitrogen and oxygen atoms in total. The van der Waals surface area contributed by atoms with Crippen molar-refractivity contribution in [1.29, 1.82) is 0 Å². The number of oxime groups is 1. The van der Waals surface area contributed by atoms with Gasteiger partial charge >= 0.3 is 0 Å². The molecular weight excluding hydrogens is 257 g/mol. The molecule has 2 aliphatic rings. The van der Waals surface area contributed by atoms with Crippen molar-refractivity contribution in [3.05, 3.63) is 29.6 Å². The second-order valence-electron chi connectivity index (χ2n) is 5.61. The van der Waals surface area contributed by atoms with E-state index in [1.807, 2.05) is 19.1 Å². The van der Waals surface area contributed by atoms with Gasteiger partial charge in [-0.1, -0.05) is 11.2 Å². The highest BCUT2D eigenvalue weighted by atomic mass is 19.1. The van der Waals surface area contributed by atoms with Crippen molar-refractivity contribution in [2.24, 2.45) is 5.16 Å². The first kappa shape index (κ1) is 13.4. The molecule has 0 aliphatic carbocycles. The van der Waals surface area contributed by atoms with Crippen molar-refractivity contribution < 1.29 is 9.23 Å². The van der Waals surface area contributed by atoms with Gasteiger partial charge in [0.15, 0.2) is 0 Å². The predicted octanol–water partition coefficient (Wildman–Crippen LogP) is 2.09. The molecule has 1 aromatic rings. The van der Waals surface area contributed by atoms with E-state index in [0.29, 0.717) is 5.69 Å². The molecular formula is C15H20FN3O. The monoisotopic (exact) mass is 277 g/mol. The summed E-state index contributed by atoms with van der Waals surface area (Å²) in [5.41, 5.74) is 2.35. The first-order valence-corrected chi connectivity index (χ1v) is 7.09. The summed E-state index contributed by atoms with van der Waals surface area (Å²) in [6.07, 6.45) is 0.832. The van der Waals surface area contributed by atoms with Crippen LogP contribution in [0.15, 0.2) is 23.4 Å². The smallest absolute Gasteiger partial charge is 0.147 e. The van der Waals surface area contributed by atoms with Gasteiger partial charge < -0.3 is 14.6 Å². The zero-order valence-corrected chi connectivity index (χ0v) is 12.0. The van der Waals surface area contributed by atoms with Gasteiger partial charge in [0, 0.05) is 38.2 Å². The molecule has 0 bridgehead atoms. The normalized spacial score (nSPS) is 23.6. The molecule has 1 unspecified atom stereocenters. The van der Waals surface area contributed by atoms with Crippen LogP contribution in [0.25, 0.3) is 0 Å². The molecule has 0 amide bonds. The SMILES string of the molecule is CC1CC(c2ccc(N3CCN(C)CC3)c(F)c2)=NO1. The Labute approximate surface area is 118 Å². The number of likely N-dealkylation sites (N-methyl/N-ethyl adjacent to an activating group) is 1. The van der Waals surface area contributed by atoms with Gasteiger partial charge in [-0.3, -0.25) is 0 Å². The van der Waals surface area contributed by atoms with E-state index >= 15 is 0 Å². The maximum Gasteiger partial charge on any atom is 0.147 e. The summed E-state index contributed by atoms with van der Waals surface area (Å²) >= 11 is 0. The van der Waals surface area contributed by atoms with Gasteiger partial charge in [-0.25, -0.2) is 4.39 Å². The zero-order valence-electron chi connectivity index (χ0n) is 12.0. The number of hydrogen-bond donors (Lipinski definition) is 0. The minimum atomic E-state index is -0.172. The Morgan fingerprint density at radius 1 is 1.25 bits per heavy atom. The molecule has 20 heavy (non-hydrogen) atoms. The maximum absolute atomic E-state index is 14.3. The van der Waals surface area contributed by atoms with Gasteiger partial charge in [0.2, 0.25) is 0 Å². The number of halogens is 1. The van der Waals surface area contributed by atoms with Crippen molar-refractivity contribution in [2.75, 3.05) is 38.1 Å². The van der Waals surface area contributed by atoms with Crippen molar-refractivity contribution in [3.63, 3.8) is 0 Å². The topological polar surface area (TPSA) is 28.1 Å². The lowest BCUT2D eigenvalue weighted by Crippen LogP contribution is -2.44. The molecule has 1 saturated heterocycles. The van der Waals surface area contributed by atoms with Crippen molar-refractivity contribution in [1.82, 2.24) is 4.90 Å². The van der Waals surface area contributed by atoms with E-state index in [1.165, 1.54) is 0 Å². The van der Waals surface area contributed by atoms with Gasteiger partial charge in [0.05, 0.1) is 11.4 Å². The number of piperazine rings is 1. The lowest BCUT2D eigenvalue weighted by Gasteiger charge is -2.34. The molecule has 0 saturated carbocycles. The molecule has 0 N–H and O–H groups in total. The molecule has 1 atom stereocenters. The molecule has 2 heterocycles. The van der Waals surface area contributed by atoms with Crippen molar-refractivity contribution in [2.45, 2.75) is 19.4 Å². The molecule has 1 aromatic carbocycles. The van der Waals surface area contributed by atoms with Crippen LogP contribution in [0.5, 0.6) is 0 Å². The van der Waals surface area contributed by atoms with Crippen LogP contribution in [0.2, 0.25) is 0 Å². The van der Waals surface area contributed by atoms with Gasteiger partial charge in [-0.05, 0) is 26.1 Å². The van der Waals surface area contributed by atoms with Crippen LogP contribution >= 0.6 is 0 Å². The standard InChI is InChI=1S/C15H20FN3O/c1-11-9-14(17-20-11)12-3-4-15(13(16)10-12)19-7-5-18(2)6-8-19/h3-4,10-11H,5-9H2,1-2H3. The summed E-state index contributed by atoms with van der Waals surface area (Å²) in [6.45, 7) is 5.64. The molecule has 5 heteroatoms. The van der Waals surface area contributed by atoms with E-state index < -0.39 is 0 Å². The maximum atomic E-state index is 14.3. The van der Waals surface area contributed by atoms with Crippen LogP contribution in [-0.2, 0) is 4.84 Å². The van der Waals surface area contributed by atoms with E-state index in [-0.39, 0.29) is 11.9 Å². The summed E-state index contributed by atoms with van der Waals surface area (Å²) in [7, 11) is 2.09. The fourth-order valence-electron chi connectivity index (χ4n) is 2.66. The van der Waals surface area contributed by atoms with Crippen molar-refractivity contribution >= 4 is 11.4 Å². The van der Waals surface area contributed by atoms with Gasteiger partial charge in [0.25, 0.3) is 0 Å². The highest BCUT2D eigenvalue weighted by Crippen LogP contribution is 2.24. The minimum absolute atomic E-state index is 0.0883. The zero-order chi connectivity index (χ0) is 14.1. The lowest BCUT2D eigenvalue weighted by molar-refractivity contribution is 0.0995. The second kappa shape index (κ2) is 5.40. The fourth-order valence-corrected chi connectivity index (χ4v) is 2.66. The quantitative estimate of drug-likeness (QED) is 0.828. The molecule has 0 radical (unpaired) electrons. The summed E-state index contributed by atoms with van der Waals surface area (Å²) in [5.74, 6) is -0.172. The van der Waals surface area contributed by atoms with Gasteiger partial charge in [0.1, 0.15) is 11.9 Å². The van der Waals surface area contributed by atoms with Crippen LogP contribution in [0.1, 0.15) is 18.9 Å². The van der Waals surface area contributed by atoms with Gasteiger partial charge in [-0.2, -0.15) is 0 Å². The highest BCUT2D eigenvalue weighted by molar-refractivity contribution is 6.01. The molecule has 2 aliphatic heterocycles. The number of rotatable bonds is 2. The Kier molecular flexibility index (Phi) is 3.61. The second-order valence-corrected chi connectivity index (χ2v) is 5.61. The number of hydrogen-bond acceptors (Lipinski definition) is 4. The Hall–Kier alpha value is -1.62. The largest absolute Gasteiger partial charge is 0.392 e. The van der Waals surface area contributed by atoms with Gasteiger partial charge in [-0.15, -0.1) is 0 Å². The fraction of sp³-hybridized carbons (Fsp3) is 0.533. The Bertz CT molecular complexity index is 524.